The molecular weight excluding hydrogens is 378 g/mol. The first-order chi connectivity index (χ1) is 13.6. The molecule has 0 aliphatic heterocycles. The topological polar surface area (TPSA) is 74.8 Å². The molecule has 0 atom stereocenters. The molecule has 140 valence electrons. The monoisotopic (exact) mass is 393 g/mol. The third-order valence-corrected chi connectivity index (χ3v) is 4.66. The smallest absolute Gasteiger partial charge is 0.316 e. The standard InChI is InChI=1S/C20H16ClN5O2/c1-25-12-16(14-10-24-26(11-14)18-6-4-3-5-17(18)21)15(7-19(25)27)13-8-22-20(28-2)23-9-13/h3-12H,1-2H3. The van der Waals surface area contributed by atoms with Crippen LogP contribution < -0.4 is 10.3 Å². The van der Waals surface area contributed by atoms with Crippen LogP contribution in [-0.4, -0.2) is 31.4 Å². The summed E-state index contributed by atoms with van der Waals surface area (Å²) in [6.07, 6.45) is 8.63. The Bertz CT molecular complexity index is 1200. The van der Waals surface area contributed by atoms with E-state index in [0.29, 0.717) is 16.1 Å². The van der Waals surface area contributed by atoms with Crippen molar-refractivity contribution in [2.45, 2.75) is 0 Å². The van der Waals surface area contributed by atoms with Gasteiger partial charge < -0.3 is 9.30 Å². The number of benzene rings is 1. The first kappa shape index (κ1) is 17.9. The molecule has 0 saturated heterocycles. The molecule has 4 aromatic rings. The molecule has 0 aliphatic carbocycles. The number of ether oxygens (including phenoxy) is 1. The maximum absolute atomic E-state index is 12.3. The molecule has 0 radical (unpaired) electrons. The van der Waals surface area contributed by atoms with Gasteiger partial charge in [-0.1, -0.05) is 23.7 Å². The molecule has 0 N–H and O–H groups in total. The van der Waals surface area contributed by atoms with Gasteiger partial charge in [0.25, 0.3) is 5.56 Å². The zero-order valence-electron chi connectivity index (χ0n) is 15.2. The zero-order valence-corrected chi connectivity index (χ0v) is 16.0. The number of halogens is 1. The highest BCUT2D eigenvalue weighted by Crippen LogP contribution is 2.31. The van der Waals surface area contributed by atoms with Crippen molar-refractivity contribution >= 4 is 11.6 Å². The van der Waals surface area contributed by atoms with Crippen molar-refractivity contribution in [2.24, 2.45) is 7.05 Å². The van der Waals surface area contributed by atoms with E-state index in [0.717, 1.165) is 16.8 Å². The molecule has 3 aromatic heterocycles. The van der Waals surface area contributed by atoms with Crippen LogP contribution in [0.25, 0.3) is 27.9 Å². The van der Waals surface area contributed by atoms with Gasteiger partial charge >= 0.3 is 6.01 Å². The van der Waals surface area contributed by atoms with Gasteiger partial charge in [-0.05, 0) is 17.7 Å². The number of para-hydroxylation sites is 1. The van der Waals surface area contributed by atoms with Gasteiger partial charge in [0.15, 0.2) is 0 Å². The number of methoxy groups -OCH3 is 1. The van der Waals surface area contributed by atoms with Crippen LogP contribution in [0.4, 0.5) is 0 Å². The van der Waals surface area contributed by atoms with E-state index >= 15 is 0 Å². The molecular formula is C20H16ClN5O2. The predicted molar refractivity (Wildman–Crippen MR) is 107 cm³/mol. The highest BCUT2D eigenvalue weighted by Gasteiger charge is 2.14. The molecule has 7 nitrogen and oxygen atoms in total. The molecule has 0 spiro atoms. The van der Waals surface area contributed by atoms with Crippen LogP contribution in [-0.2, 0) is 7.05 Å². The van der Waals surface area contributed by atoms with Crippen molar-refractivity contribution in [1.82, 2.24) is 24.3 Å². The highest BCUT2D eigenvalue weighted by molar-refractivity contribution is 6.32. The van der Waals surface area contributed by atoms with Crippen molar-refractivity contribution < 1.29 is 4.74 Å². The van der Waals surface area contributed by atoms with Crippen molar-refractivity contribution in [2.75, 3.05) is 7.11 Å². The SMILES string of the molecule is COc1ncc(-c2cc(=O)n(C)cc2-c2cnn(-c3ccccc3Cl)c2)cn1. The van der Waals surface area contributed by atoms with Crippen LogP contribution in [0.5, 0.6) is 6.01 Å². The molecule has 0 bridgehead atoms. The summed E-state index contributed by atoms with van der Waals surface area (Å²) >= 11 is 6.28. The minimum absolute atomic E-state index is 0.131. The van der Waals surface area contributed by atoms with E-state index in [1.165, 1.54) is 11.7 Å². The summed E-state index contributed by atoms with van der Waals surface area (Å²) in [6.45, 7) is 0. The maximum atomic E-state index is 12.3. The van der Waals surface area contributed by atoms with E-state index in [4.69, 9.17) is 16.3 Å². The lowest BCUT2D eigenvalue weighted by Crippen LogP contribution is -2.15. The second kappa shape index (κ2) is 7.28. The molecule has 0 amide bonds. The Morgan fingerprint density at radius 2 is 1.75 bits per heavy atom. The second-order valence-electron chi connectivity index (χ2n) is 6.13. The van der Waals surface area contributed by atoms with Gasteiger partial charge in [-0.2, -0.15) is 5.10 Å². The highest BCUT2D eigenvalue weighted by atomic mass is 35.5. The van der Waals surface area contributed by atoms with E-state index in [1.54, 1.807) is 42.6 Å². The summed E-state index contributed by atoms with van der Waals surface area (Å²) in [5.41, 5.74) is 3.72. The van der Waals surface area contributed by atoms with Gasteiger partial charge in [0.05, 0.1) is 24.0 Å². The Hall–Kier alpha value is -3.45. The van der Waals surface area contributed by atoms with Crippen molar-refractivity contribution in [3.63, 3.8) is 0 Å². The maximum Gasteiger partial charge on any atom is 0.316 e. The predicted octanol–water partition coefficient (Wildman–Crippen LogP) is 3.36. The third kappa shape index (κ3) is 3.27. The Balaban J connectivity index is 1.85. The number of nitrogens with zero attached hydrogens (tertiary/aromatic N) is 5. The summed E-state index contributed by atoms with van der Waals surface area (Å²) < 4.78 is 8.24. The lowest BCUT2D eigenvalue weighted by atomic mass is 10.0. The van der Waals surface area contributed by atoms with Crippen LogP contribution in [0.1, 0.15) is 0 Å². The molecule has 0 unspecified atom stereocenters. The third-order valence-electron chi connectivity index (χ3n) is 4.34. The summed E-state index contributed by atoms with van der Waals surface area (Å²) in [7, 11) is 3.21. The molecule has 4 rings (SSSR count). The minimum Gasteiger partial charge on any atom is -0.467 e. The fourth-order valence-electron chi connectivity index (χ4n) is 2.89. The van der Waals surface area contributed by atoms with Crippen LogP contribution in [0.3, 0.4) is 0 Å². The van der Waals surface area contributed by atoms with Gasteiger partial charge in [-0.15, -0.1) is 0 Å². The largest absolute Gasteiger partial charge is 0.467 e. The number of hydrogen-bond acceptors (Lipinski definition) is 5. The van der Waals surface area contributed by atoms with Crippen LogP contribution in [0.2, 0.25) is 5.02 Å². The quantitative estimate of drug-likeness (QED) is 0.531. The lowest BCUT2D eigenvalue weighted by Gasteiger charge is -2.10. The normalized spacial score (nSPS) is 10.8. The number of aromatic nitrogens is 5. The van der Waals surface area contributed by atoms with Crippen LogP contribution in [0, 0.1) is 0 Å². The Kier molecular flexibility index (Phi) is 4.67. The summed E-state index contributed by atoms with van der Waals surface area (Å²) in [4.78, 5) is 20.5. The molecule has 1 aromatic carbocycles. The van der Waals surface area contributed by atoms with Gasteiger partial charge in [-0.25, -0.2) is 14.6 Å². The van der Waals surface area contributed by atoms with Gasteiger partial charge in [0, 0.05) is 54.6 Å². The number of rotatable bonds is 4. The van der Waals surface area contributed by atoms with Crippen LogP contribution in [0.15, 0.2) is 66.1 Å². The molecule has 0 fully saturated rings. The molecule has 8 heteroatoms. The molecule has 0 aliphatic rings. The van der Waals surface area contributed by atoms with Crippen LogP contribution >= 0.6 is 11.6 Å². The van der Waals surface area contributed by atoms with Crippen molar-refractivity contribution in [3.05, 3.63) is 76.7 Å². The van der Waals surface area contributed by atoms with Gasteiger partial charge in [0.2, 0.25) is 0 Å². The Morgan fingerprint density at radius 3 is 2.46 bits per heavy atom. The van der Waals surface area contributed by atoms with E-state index in [9.17, 15) is 4.79 Å². The fourth-order valence-corrected chi connectivity index (χ4v) is 3.11. The molecule has 0 saturated carbocycles. The number of aryl methyl sites for hydroxylation is 1. The summed E-state index contributed by atoms with van der Waals surface area (Å²) in [6, 6.07) is 9.29. The first-order valence-corrected chi connectivity index (χ1v) is 8.81. The number of pyridine rings is 1. The summed E-state index contributed by atoms with van der Waals surface area (Å²) in [5.74, 6) is 0. The number of hydrogen-bond donors (Lipinski definition) is 0. The zero-order chi connectivity index (χ0) is 19.7. The Morgan fingerprint density at radius 1 is 1.00 bits per heavy atom. The van der Waals surface area contributed by atoms with Gasteiger partial charge in [0.1, 0.15) is 0 Å². The Labute approximate surface area is 165 Å². The van der Waals surface area contributed by atoms with E-state index in [-0.39, 0.29) is 11.6 Å². The van der Waals surface area contributed by atoms with Gasteiger partial charge in [-0.3, -0.25) is 4.79 Å². The van der Waals surface area contributed by atoms with Crippen molar-refractivity contribution in [1.29, 1.82) is 0 Å². The summed E-state index contributed by atoms with van der Waals surface area (Å²) in [5, 5.41) is 5.03. The average Bonchev–Trinajstić information content (AvgIpc) is 3.20. The second-order valence-corrected chi connectivity index (χ2v) is 6.54. The molecule has 28 heavy (non-hydrogen) atoms. The fraction of sp³-hybridized carbons (Fsp3) is 0.100. The van der Waals surface area contributed by atoms with E-state index < -0.39 is 0 Å². The molecule has 3 heterocycles. The van der Waals surface area contributed by atoms with E-state index in [2.05, 4.69) is 15.1 Å². The first-order valence-electron chi connectivity index (χ1n) is 8.44. The average molecular weight is 394 g/mol. The van der Waals surface area contributed by atoms with Crippen molar-refractivity contribution in [3.8, 4) is 34.0 Å². The van der Waals surface area contributed by atoms with E-state index in [1.807, 2.05) is 30.5 Å². The minimum atomic E-state index is -0.131. The lowest BCUT2D eigenvalue weighted by molar-refractivity contribution is 0.380.